The highest BCUT2D eigenvalue weighted by molar-refractivity contribution is 5.86. The van der Waals surface area contributed by atoms with Crippen molar-refractivity contribution in [2.24, 2.45) is 5.92 Å². The van der Waals surface area contributed by atoms with E-state index in [-0.39, 0.29) is 0 Å². The molecule has 0 saturated carbocycles. The summed E-state index contributed by atoms with van der Waals surface area (Å²) in [6.07, 6.45) is 6.14. The minimum atomic E-state index is 0.346. The summed E-state index contributed by atoms with van der Waals surface area (Å²) in [5.41, 5.74) is 5.47. The molecule has 1 aromatic heterocycles. The molecule has 3 aromatic rings. The summed E-state index contributed by atoms with van der Waals surface area (Å²) in [5.74, 6) is 1.83. The van der Waals surface area contributed by atoms with Crippen LogP contribution in [0.4, 0.5) is 0 Å². The van der Waals surface area contributed by atoms with Crippen LogP contribution in [0, 0.1) is 5.92 Å². The predicted octanol–water partition coefficient (Wildman–Crippen LogP) is 4.86. The summed E-state index contributed by atoms with van der Waals surface area (Å²) >= 11 is 0. The Hall–Kier alpha value is -2.26. The van der Waals surface area contributed by atoms with E-state index in [9.17, 15) is 5.11 Å². The fourth-order valence-electron chi connectivity index (χ4n) is 5.18. The lowest BCUT2D eigenvalue weighted by molar-refractivity contribution is 0.175. The van der Waals surface area contributed by atoms with Crippen LogP contribution >= 0.6 is 0 Å². The normalized spacial score (nSPS) is 21.4. The lowest BCUT2D eigenvalue weighted by atomic mass is 9.84. The van der Waals surface area contributed by atoms with E-state index < -0.39 is 0 Å². The Balaban J connectivity index is 1.23. The van der Waals surface area contributed by atoms with Gasteiger partial charge < -0.3 is 15.0 Å². The van der Waals surface area contributed by atoms with Crippen molar-refractivity contribution in [1.29, 1.82) is 0 Å². The highest BCUT2D eigenvalue weighted by Crippen LogP contribution is 2.34. The van der Waals surface area contributed by atoms with Crippen LogP contribution in [-0.4, -0.2) is 34.6 Å². The lowest BCUT2D eigenvalue weighted by Gasteiger charge is -2.35. The van der Waals surface area contributed by atoms with Crippen LogP contribution in [0.1, 0.15) is 42.0 Å². The molecule has 2 aliphatic rings. The lowest BCUT2D eigenvalue weighted by Crippen LogP contribution is -2.37. The molecule has 0 amide bonds. The Morgan fingerprint density at radius 1 is 1.00 bits per heavy atom. The number of hydrogen-bond donors (Lipinski definition) is 2. The summed E-state index contributed by atoms with van der Waals surface area (Å²) in [6.45, 7) is 3.68. The van der Waals surface area contributed by atoms with Crippen molar-refractivity contribution >= 4 is 10.9 Å². The van der Waals surface area contributed by atoms with Crippen molar-refractivity contribution in [3.63, 3.8) is 0 Å². The number of likely N-dealkylation sites (tertiary alicyclic amines) is 1. The van der Waals surface area contributed by atoms with E-state index in [0.29, 0.717) is 5.75 Å². The van der Waals surface area contributed by atoms with Crippen molar-refractivity contribution in [3.8, 4) is 5.75 Å². The minimum Gasteiger partial charge on any atom is -0.508 e. The third-order valence-corrected chi connectivity index (χ3v) is 6.65. The van der Waals surface area contributed by atoms with Crippen molar-refractivity contribution in [2.75, 3.05) is 19.6 Å². The third-order valence-electron chi connectivity index (χ3n) is 6.65. The van der Waals surface area contributed by atoms with Crippen molar-refractivity contribution in [1.82, 2.24) is 9.88 Å². The van der Waals surface area contributed by atoms with Crippen LogP contribution in [0.5, 0.6) is 5.75 Å². The number of phenols is 1. The van der Waals surface area contributed by atoms with E-state index in [2.05, 4.69) is 46.3 Å². The average molecular weight is 361 g/mol. The maximum Gasteiger partial charge on any atom is 0.117 e. The smallest absolute Gasteiger partial charge is 0.117 e. The Labute approximate surface area is 161 Å². The SMILES string of the molecule is Oc1ccc2c3c([nH]c2c1)CCC(CN1CCC(c2ccccc2)CC1)C3. The van der Waals surface area contributed by atoms with Gasteiger partial charge in [-0.2, -0.15) is 0 Å². The number of aromatic nitrogens is 1. The maximum absolute atomic E-state index is 9.74. The fourth-order valence-corrected chi connectivity index (χ4v) is 5.18. The maximum atomic E-state index is 9.74. The first kappa shape index (κ1) is 16.9. The number of piperidine rings is 1. The van der Waals surface area contributed by atoms with E-state index in [1.165, 1.54) is 67.5 Å². The van der Waals surface area contributed by atoms with Gasteiger partial charge in [-0.05, 0) is 80.3 Å². The first-order chi connectivity index (χ1) is 13.3. The van der Waals surface area contributed by atoms with Crippen LogP contribution < -0.4 is 0 Å². The quantitative estimate of drug-likeness (QED) is 0.700. The molecule has 5 rings (SSSR count). The molecule has 1 unspecified atom stereocenters. The molecule has 2 aromatic carbocycles. The van der Waals surface area contributed by atoms with Crippen molar-refractivity contribution in [3.05, 3.63) is 65.4 Å². The second-order valence-electron chi connectivity index (χ2n) is 8.41. The number of aromatic amines is 1. The predicted molar refractivity (Wildman–Crippen MR) is 110 cm³/mol. The van der Waals surface area contributed by atoms with Gasteiger partial charge in [0.15, 0.2) is 0 Å². The number of aryl methyl sites for hydroxylation is 1. The van der Waals surface area contributed by atoms with Gasteiger partial charge in [-0.1, -0.05) is 30.3 Å². The second-order valence-corrected chi connectivity index (χ2v) is 8.41. The van der Waals surface area contributed by atoms with Gasteiger partial charge in [0.2, 0.25) is 0 Å². The summed E-state index contributed by atoms with van der Waals surface area (Å²) in [6, 6.07) is 16.8. The van der Waals surface area contributed by atoms with Crippen LogP contribution in [0.25, 0.3) is 10.9 Å². The van der Waals surface area contributed by atoms with E-state index in [1.54, 1.807) is 0 Å². The third kappa shape index (κ3) is 3.37. The van der Waals surface area contributed by atoms with Crippen LogP contribution in [0.2, 0.25) is 0 Å². The Morgan fingerprint density at radius 2 is 1.81 bits per heavy atom. The molecule has 0 radical (unpaired) electrons. The van der Waals surface area contributed by atoms with E-state index in [1.807, 2.05) is 12.1 Å². The molecule has 3 nitrogen and oxygen atoms in total. The number of phenolic OH excluding ortho intramolecular Hbond substituents is 1. The molecule has 1 aliphatic carbocycles. The molecule has 2 N–H and O–H groups in total. The number of H-pyrrole nitrogens is 1. The number of rotatable bonds is 3. The first-order valence-electron chi connectivity index (χ1n) is 10.4. The van der Waals surface area contributed by atoms with Gasteiger partial charge in [0.1, 0.15) is 5.75 Å². The number of nitrogens with zero attached hydrogens (tertiary/aromatic N) is 1. The van der Waals surface area contributed by atoms with E-state index >= 15 is 0 Å². The summed E-state index contributed by atoms with van der Waals surface area (Å²) in [7, 11) is 0. The molecular weight excluding hydrogens is 332 g/mol. The van der Waals surface area contributed by atoms with Crippen LogP contribution in [-0.2, 0) is 12.8 Å². The van der Waals surface area contributed by atoms with E-state index in [0.717, 1.165) is 23.8 Å². The summed E-state index contributed by atoms with van der Waals surface area (Å²) < 4.78 is 0. The Kier molecular flexibility index (Phi) is 4.41. The van der Waals surface area contributed by atoms with E-state index in [4.69, 9.17) is 0 Å². The highest BCUT2D eigenvalue weighted by atomic mass is 16.3. The van der Waals surface area contributed by atoms with Gasteiger partial charge in [0.25, 0.3) is 0 Å². The number of aromatic hydroxyl groups is 1. The summed E-state index contributed by atoms with van der Waals surface area (Å²) in [5, 5.41) is 11.0. The number of fused-ring (bicyclic) bond motifs is 3. The summed E-state index contributed by atoms with van der Waals surface area (Å²) in [4.78, 5) is 6.22. The minimum absolute atomic E-state index is 0.346. The Morgan fingerprint density at radius 3 is 2.63 bits per heavy atom. The zero-order chi connectivity index (χ0) is 18.2. The van der Waals surface area contributed by atoms with Crippen molar-refractivity contribution in [2.45, 2.75) is 38.0 Å². The molecule has 1 atom stereocenters. The molecule has 1 aliphatic heterocycles. The molecule has 3 heteroatoms. The second kappa shape index (κ2) is 7.05. The van der Waals surface area contributed by atoms with Gasteiger partial charge in [-0.3, -0.25) is 0 Å². The van der Waals surface area contributed by atoms with Gasteiger partial charge in [0.05, 0.1) is 0 Å². The van der Waals surface area contributed by atoms with Crippen LogP contribution in [0.3, 0.4) is 0 Å². The largest absolute Gasteiger partial charge is 0.508 e. The Bertz CT molecular complexity index is 922. The number of nitrogens with one attached hydrogen (secondary N) is 1. The number of benzene rings is 2. The molecular formula is C24H28N2O. The molecule has 1 saturated heterocycles. The number of hydrogen-bond acceptors (Lipinski definition) is 2. The van der Waals surface area contributed by atoms with Crippen LogP contribution in [0.15, 0.2) is 48.5 Å². The highest BCUT2D eigenvalue weighted by Gasteiger charge is 2.26. The fraction of sp³-hybridized carbons (Fsp3) is 0.417. The zero-order valence-corrected chi connectivity index (χ0v) is 15.8. The zero-order valence-electron chi connectivity index (χ0n) is 15.8. The molecule has 1 fully saturated rings. The average Bonchev–Trinajstić information content (AvgIpc) is 3.06. The molecule has 0 bridgehead atoms. The van der Waals surface area contributed by atoms with Crippen molar-refractivity contribution < 1.29 is 5.11 Å². The monoisotopic (exact) mass is 360 g/mol. The van der Waals surface area contributed by atoms with Gasteiger partial charge >= 0.3 is 0 Å². The van der Waals surface area contributed by atoms with Gasteiger partial charge in [0, 0.05) is 29.2 Å². The first-order valence-corrected chi connectivity index (χ1v) is 10.4. The van der Waals surface area contributed by atoms with Gasteiger partial charge in [-0.25, -0.2) is 0 Å². The molecule has 2 heterocycles. The molecule has 140 valence electrons. The molecule has 0 spiro atoms. The standard InChI is InChI=1S/C24H28N2O/c27-20-7-8-21-22-14-17(6-9-23(22)25-24(21)15-20)16-26-12-10-19(11-13-26)18-4-2-1-3-5-18/h1-5,7-8,15,17,19,25,27H,6,9-14,16H2. The topological polar surface area (TPSA) is 39.3 Å². The molecule has 27 heavy (non-hydrogen) atoms. The van der Waals surface area contributed by atoms with Gasteiger partial charge in [-0.15, -0.1) is 0 Å².